The van der Waals surface area contributed by atoms with E-state index in [1.165, 1.54) is 0 Å². The van der Waals surface area contributed by atoms with Crippen LogP contribution in [0.2, 0.25) is 0 Å². The molecule has 0 aliphatic carbocycles. The fraction of sp³-hybridized carbons (Fsp3) is 0.833. The van der Waals surface area contributed by atoms with Crippen molar-refractivity contribution in [2.75, 3.05) is 18.6 Å². The Hall–Kier alpha value is -0.750. The number of rotatable bonds is 6. The molecule has 1 rings (SSSR count). The van der Waals surface area contributed by atoms with Gasteiger partial charge in [0.15, 0.2) is 0 Å². The molecule has 104 valence electrons. The maximum absolute atomic E-state index is 12.0. The van der Waals surface area contributed by atoms with E-state index in [0.717, 1.165) is 38.0 Å². The minimum atomic E-state index is -0.953. The van der Waals surface area contributed by atoms with Gasteiger partial charge in [0.1, 0.15) is 6.04 Å². The van der Waals surface area contributed by atoms with Crippen molar-refractivity contribution >= 4 is 23.6 Å². The minimum Gasteiger partial charge on any atom is -0.480 e. The molecule has 1 aliphatic rings. The molecule has 0 saturated carbocycles. The molecular formula is C12H22N2O3S. The first-order valence-electron chi connectivity index (χ1n) is 6.40. The van der Waals surface area contributed by atoms with Gasteiger partial charge in [-0.15, -0.1) is 0 Å². The Bertz CT molecular complexity index is 278. The number of carbonyl (C=O) groups is 2. The zero-order valence-electron chi connectivity index (χ0n) is 10.8. The number of aliphatic carboxylic acids is 1. The Morgan fingerprint density at radius 2 is 2.22 bits per heavy atom. The number of hydrogen-bond donors (Lipinski definition) is 3. The molecule has 1 aliphatic heterocycles. The number of amides is 1. The van der Waals surface area contributed by atoms with Gasteiger partial charge in [0.2, 0.25) is 5.91 Å². The fourth-order valence-corrected chi connectivity index (χ4v) is 2.49. The summed E-state index contributed by atoms with van der Waals surface area (Å²) in [4.78, 5) is 23.0. The third kappa shape index (κ3) is 5.27. The van der Waals surface area contributed by atoms with E-state index in [0.29, 0.717) is 6.42 Å². The minimum absolute atomic E-state index is 0.176. The third-order valence-corrected chi connectivity index (χ3v) is 3.75. The Labute approximate surface area is 112 Å². The number of carbonyl (C=O) groups excluding carboxylic acids is 1. The molecule has 3 N–H and O–H groups in total. The van der Waals surface area contributed by atoms with Gasteiger partial charge in [-0.3, -0.25) is 4.79 Å². The summed E-state index contributed by atoms with van der Waals surface area (Å²) in [6.45, 7) is 0.834. The molecule has 0 spiro atoms. The highest BCUT2D eigenvalue weighted by atomic mass is 32.2. The molecular weight excluding hydrogens is 252 g/mol. The van der Waals surface area contributed by atoms with Crippen LogP contribution in [0.1, 0.15) is 32.1 Å². The molecule has 0 aromatic carbocycles. The van der Waals surface area contributed by atoms with Gasteiger partial charge in [-0.25, -0.2) is 4.79 Å². The average molecular weight is 274 g/mol. The number of thioether (sulfide) groups is 1. The second-order valence-corrected chi connectivity index (χ2v) is 5.52. The van der Waals surface area contributed by atoms with Crippen LogP contribution in [0.3, 0.4) is 0 Å². The van der Waals surface area contributed by atoms with Crippen molar-refractivity contribution in [1.82, 2.24) is 10.6 Å². The first-order valence-corrected chi connectivity index (χ1v) is 7.80. The Morgan fingerprint density at radius 1 is 1.44 bits per heavy atom. The Morgan fingerprint density at radius 3 is 2.89 bits per heavy atom. The summed E-state index contributed by atoms with van der Waals surface area (Å²) >= 11 is 1.58. The molecule has 0 aromatic rings. The van der Waals surface area contributed by atoms with Gasteiger partial charge in [0.05, 0.1) is 6.04 Å². The zero-order chi connectivity index (χ0) is 13.4. The van der Waals surface area contributed by atoms with Gasteiger partial charge in [0, 0.05) is 0 Å². The predicted octanol–water partition coefficient (Wildman–Crippen LogP) is 0.841. The van der Waals surface area contributed by atoms with Crippen molar-refractivity contribution in [2.45, 2.75) is 44.2 Å². The van der Waals surface area contributed by atoms with E-state index in [1.807, 2.05) is 6.26 Å². The molecule has 0 bridgehead atoms. The monoisotopic (exact) mass is 274 g/mol. The van der Waals surface area contributed by atoms with Gasteiger partial charge >= 0.3 is 5.97 Å². The van der Waals surface area contributed by atoms with E-state index in [1.54, 1.807) is 11.8 Å². The van der Waals surface area contributed by atoms with Gasteiger partial charge < -0.3 is 15.7 Å². The van der Waals surface area contributed by atoms with Crippen LogP contribution < -0.4 is 10.6 Å². The summed E-state index contributed by atoms with van der Waals surface area (Å²) in [5.74, 6) is -0.397. The normalized spacial score (nSPS) is 21.9. The highest BCUT2D eigenvalue weighted by molar-refractivity contribution is 7.98. The first kappa shape index (κ1) is 15.3. The summed E-state index contributed by atoms with van der Waals surface area (Å²) in [5, 5.41) is 14.9. The van der Waals surface area contributed by atoms with Crippen molar-refractivity contribution < 1.29 is 14.7 Å². The molecule has 0 aromatic heterocycles. The summed E-state index contributed by atoms with van der Waals surface area (Å²) in [5.41, 5.74) is 0. The van der Waals surface area contributed by atoms with Crippen LogP contribution in [0.4, 0.5) is 0 Å². The van der Waals surface area contributed by atoms with Crippen molar-refractivity contribution in [3.63, 3.8) is 0 Å². The topological polar surface area (TPSA) is 78.4 Å². The summed E-state index contributed by atoms with van der Waals surface area (Å²) in [6.07, 6.45) is 6.42. The first-order chi connectivity index (χ1) is 8.65. The van der Waals surface area contributed by atoms with Crippen LogP contribution in [-0.4, -0.2) is 47.6 Å². The van der Waals surface area contributed by atoms with Crippen LogP contribution in [0.25, 0.3) is 0 Å². The molecule has 0 radical (unpaired) electrons. The second kappa shape index (κ2) is 8.37. The number of nitrogens with one attached hydrogen (secondary N) is 2. The van der Waals surface area contributed by atoms with Gasteiger partial charge in [0.25, 0.3) is 0 Å². The standard InChI is InChI=1S/C12H22N2O3S/c1-18-8-6-10(12(16)17)14-11(15)9-5-3-2-4-7-13-9/h9-10,13H,2-8H2,1H3,(H,14,15)(H,16,17). The van der Waals surface area contributed by atoms with Crippen LogP contribution in [0.5, 0.6) is 0 Å². The molecule has 5 nitrogen and oxygen atoms in total. The van der Waals surface area contributed by atoms with E-state index < -0.39 is 12.0 Å². The van der Waals surface area contributed by atoms with Crippen molar-refractivity contribution in [3.8, 4) is 0 Å². The van der Waals surface area contributed by atoms with E-state index in [4.69, 9.17) is 5.11 Å². The lowest BCUT2D eigenvalue weighted by molar-refractivity contribution is -0.142. The molecule has 6 heteroatoms. The maximum Gasteiger partial charge on any atom is 0.326 e. The third-order valence-electron chi connectivity index (χ3n) is 3.10. The van der Waals surface area contributed by atoms with E-state index in [2.05, 4.69) is 10.6 Å². The highest BCUT2D eigenvalue weighted by Crippen LogP contribution is 2.09. The molecule has 18 heavy (non-hydrogen) atoms. The lowest BCUT2D eigenvalue weighted by Gasteiger charge is -2.19. The second-order valence-electron chi connectivity index (χ2n) is 4.54. The summed E-state index contributed by atoms with van der Waals surface area (Å²) in [7, 11) is 0. The largest absolute Gasteiger partial charge is 0.480 e. The van der Waals surface area contributed by atoms with E-state index in [9.17, 15) is 9.59 Å². The Kier molecular flexibility index (Phi) is 7.12. The smallest absolute Gasteiger partial charge is 0.326 e. The lowest BCUT2D eigenvalue weighted by Crippen LogP contribution is -2.50. The lowest BCUT2D eigenvalue weighted by atomic mass is 10.1. The van der Waals surface area contributed by atoms with Gasteiger partial charge in [-0.2, -0.15) is 11.8 Å². The van der Waals surface area contributed by atoms with E-state index >= 15 is 0 Å². The zero-order valence-corrected chi connectivity index (χ0v) is 11.6. The molecule has 1 amide bonds. The molecule has 1 fully saturated rings. The van der Waals surface area contributed by atoms with Crippen LogP contribution in [0, 0.1) is 0 Å². The average Bonchev–Trinajstić information content (AvgIpc) is 2.62. The number of carboxylic acid groups (broad SMARTS) is 1. The van der Waals surface area contributed by atoms with Gasteiger partial charge in [-0.05, 0) is 37.8 Å². The van der Waals surface area contributed by atoms with Crippen molar-refractivity contribution in [1.29, 1.82) is 0 Å². The SMILES string of the molecule is CSCCC(NC(=O)C1CCCCCN1)C(=O)O. The maximum atomic E-state index is 12.0. The van der Waals surface area contributed by atoms with Crippen LogP contribution in [-0.2, 0) is 9.59 Å². The Balaban J connectivity index is 2.45. The van der Waals surface area contributed by atoms with E-state index in [-0.39, 0.29) is 11.9 Å². The molecule has 1 heterocycles. The highest BCUT2D eigenvalue weighted by Gasteiger charge is 2.25. The quantitative estimate of drug-likeness (QED) is 0.669. The van der Waals surface area contributed by atoms with Crippen LogP contribution >= 0.6 is 11.8 Å². The fourth-order valence-electron chi connectivity index (χ4n) is 2.02. The van der Waals surface area contributed by atoms with Crippen molar-refractivity contribution in [2.24, 2.45) is 0 Å². The summed E-state index contributed by atoms with van der Waals surface area (Å²) < 4.78 is 0. The van der Waals surface area contributed by atoms with Crippen molar-refractivity contribution in [3.05, 3.63) is 0 Å². The molecule has 2 atom stereocenters. The van der Waals surface area contributed by atoms with Gasteiger partial charge in [-0.1, -0.05) is 12.8 Å². The predicted molar refractivity (Wildman–Crippen MR) is 72.8 cm³/mol. The number of carboxylic acids is 1. The molecule has 1 saturated heterocycles. The van der Waals surface area contributed by atoms with Crippen LogP contribution in [0.15, 0.2) is 0 Å². The summed E-state index contributed by atoms with van der Waals surface area (Å²) in [6, 6.07) is -1.00. The number of hydrogen-bond acceptors (Lipinski definition) is 4. The molecule has 2 unspecified atom stereocenters.